The fraction of sp³-hybridized carbons (Fsp3) is 0.278. The van der Waals surface area contributed by atoms with Crippen LogP contribution in [-0.4, -0.2) is 15.1 Å². The van der Waals surface area contributed by atoms with Crippen LogP contribution < -0.4 is 16.4 Å². The first-order valence-corrected chi connectivity index (χ1v) is 8.02. The second-order valence-corrected chi connectivity index (χ2v) is 6.88. The van der Waals surface area contributed by atoms with E-state index in [1.165, 1.54) is 0 Å². The molecule has 3 rings (SSSR count). The van der Waals surface area contributed by atoms with Crippen molar-refractivity contribution in [2.24, 2.45) is 0 Å². The van der Waals surface area contributed by atoms with Gasteiger partial charge in [-0.15, -0.1) is 0 Å². The van der Waals surface area contributed by atoms with Crippen LogP contribution in [0.3, 0.4) is 0 Å². The van der Waals surface area contributed by atoms with Crippen LogP contribution in [0.5, 0.6) is 0 Å². The third-order valence-electron chi connectivity index (χ3n) is 3.54. The Bertz CT molecular complexity index is 844. The van der Waals surface area contributed by atoms with Crippen LogP contribution in [0.4, 0.5) is 28.8 Å². The van der Waals surface area contributed by atoms with Crippen molar-refractivity contribution in [2.45, 2.75) is 33.1 Å². The maximum absolute atomic E-state index is 5.74. The molecule has 0 spiro atoms. The average Bonchev–Trinajstić information content (AvgIpc) is 2.97. The lowest BCUT2D eigenvalue weighted by atomic mass is 9.93. The van der Waals surface area contributed by atoms with Crippen molar-refractivity contribution in [2.75, 3.05) is 16.4 Å². The van der Waals surface area contributed by atoms with Gasteiger partial charge in [0.25, 0.3) is 0 Å². The molecule has 130 valence electrons. The van der Waals surface area contributed by atoms with E-state index in [9.17, 15) is 0 Å². The molecule has 0 aliphatic carbocycles. The molecule has 0 aliphatic rings. The van der Waals surface area contributed by atoms with Gasteiger partial charge >= 0.3 is 0 Å². The molecule has 0 amide bonds. The van der Waals surface area contributed by atoms with Gasteiger partial charge in [-0.1, -0.05) is 25.9 Å². The van der Waals surface area contributed by atoms with Crippen molar-refractivity contribution in [3.05, 3.63) is 48.0 Å². The SMILES string of the molecule is Cc1nc(N)cc(Nc2ccc(Nc3cc(C(C)(C)C)on3)cc2)n1. The molecule has 7 heteroatoms. The van der Waals surface area contributed by atoms with Gasteiger partial charge in [0.2, 0.25) is 0 Å². The Labute approximate surface area is 146 Å². The van der Waals surface area contributed by atoms with Crippen molar-refractivity contribution >= 4 is 28.8 Å². The van der Waals surface area contributed by atoms with Crippen LogP contribution >= 0.6 is 0 Å². The van der Waals surface area contributed by atoms with Gasteiger partial charge in [0, 0.05) is 28.9 Å². The van der Waals surface area contributed by atoms with E-state index in [-0.39, 0.29) is 5.41 Å². The third kappa shape index (κ3) is 4.26. The van der Waals surface area contributed by atoms with Gasteiger partial charge in [-0.05, 0) is 31.2 Å². The van der Waals surface area contributed by atoms with Gasteiger partial charge in [-0.3, -0.25) is 0 Å². The number of nitrogens with two attached hydrogens (primary N) is 1. The number of aryl methyl sites for hydroxylation is 1. The van der Waals surface area contributed by atoms with Gasteiger partial charge < -0.3 is 20.9 Å². The zero-order valence-electron chi connectivity index (χ0n) is 14.8. The smallest absolute Gasteiger partial charge is 0.174 e. The Hall–Kier alpha value is -3.09. The van der Waals surface area contributed by atoms with E-state index in [1.807, 2.05) is 30.3 Å². The van der Waals surface area contributed by atoms with E-state index >= 15 is 0 Å². The average molecular weight is 338 g/mol. The normalized spacial score (nSPS) is 11.4. The maximum atomic E-state index is 5.74. The second kappa shape index (κ2) is 6.43. The highest BCUT2D eigenvalue weighted by molar-refractivity contribution is 5.64. The third-order valence-corrected chi connectivity index (χ3v) is 3.54. The van der Waals surface area contributed by atoms with E-state index in [4.69, 9.17) is 10.3 Å². The number of hydrogen-bond donors (Lipinski definition) is 3. The molecule has 0 atom stereocenters. The van der Waals surface area contributed by atoms with Crippen molar-refractivity contribution in [3.63, 3.8) is 0 Å². The van der Waals surface area contributed by atoms with Crippen molar-refractivity contribution < 1.29 is 4.52 Å². The molecule has 0 saturated heterocycles. The number of rotatable bonds is 4. The summed E-state index contributed by atoms with van der Waals surface area (Å²) in [5, 5.41) is 10.5. The molecular formula is C18H22N6O. The molecule has 3 aromatic rings. The number of hydrogen-bond acceptors (Lipinski definition) is 7. The summed E-state index contributed by atoms with van der Waals surface area (Å²) in [7, 11) is 0. The van der Waals surface area contributed by atoms with E-state index in [1.54, 1.807) is 13.0 Å². The molecule has 2 heterocycles. The molecule has 7 nitrogen and oxygen atoms in total. The van der Waals surface area contributed by atoms with Gasteiger partial charge in [-0.25, -0.2) is 9.97 Å². The summed E-state index contributed by atoms with van der Waals surface area (Å²) in [6, 6.07) is 11.4. The van der Waals surface area contributed by atoms with Crippen LogP contribution in [0.1, 0.15) is 32.4 Å². The van der Waals surface area contributed by atoms with E-state index in [2.05, 4.69) is 46.5 Å². The predicted molar refractivity (Wildman–Crippen MR) is 99.4 cm³/mol. The second-order valence-electron chi connectivity index (χ2n) is 6.88. The molecular weight excluding hydrogens is 316 g/mol. The van der Waals surface area contributed by atoms with E-state index < -0.39 is 0 Å². The molecule has 0 radical (unpaired) electrons. The first-order chi connectivity index (χ1) is 11.8. The molecule has 0 aliphatic heterocycles. The Morgan fingerprint density at radius 2 is 1.52 bits per heavy atom. The quantitative estimate of drug-likeness (QED) is 0.657. The monoisotopic (exact) mass is 338 g/mol. The van der Waals surface area contributed by atoms with Crippen LogP contribution in [0.15, 0.2) is 40.9 Å². The van der Waals surface area contributed by atoms with Crippen molar-refractivity contribution in [3.8, 4) is 0 Å². The Balaban J connectivity index is 1.69. The molecule has 25 heavy (non-hydrogen) atoms. The lowest BCUT2D eigenvalue weighted by molar-refractivity contribution is 0.331. The Kier molecular flexibility index (Phi) is 4.31. The summed E-state index contributed by atoms with van der Waals surface area (Å²) in [5.41, 5.74) is 7.48. The minimum atomic E-state index is -0.0712. The number of aromatic nitrogens is 3. The van der Waals surface area contributed by atoms with Crippen LogP contribution in [0, 0.1) is 6.92 Å². The molecule has 0 unspecified atom stereocenters. The summed E-state index contributed by atoms with van der Waals surface area (Å²) in [6.07, 6.45) is 0. The molecule has 0 fully saturated rings. The van der Waals surface area contributed by atoms with E-state index in [0.29, 0.717) is 23.3 Å². The minimum absolute atomic E-state index is 0.0712. The summed E-state index contributed by atoms with van der Waals surface area (Å²) in [5.74, 6) is 3.25. The lowest BCUT2D eigenvalue weighted by Gasteiger charge is -2.12. The van der Waals surface area contributed by atoms with Gasteiger partial charge in [0.05, 0.1) is 0 Å². The van der Waals surface area contributed by atoms with Crippen LogP contribution in [0.25, 0.3) is 0 Å². The lowest BCUT2D eigenvalue weighted by Crippen LogP contribution is -2.09. The van der Waals surface area contributed by atoms with Crippen LogP contribution in [-0.2, 0) is 5.41 Å². The van der Waals surface area contributed by atoms with Crippen molar-refractivity contribution in [1.29, 1.82) is 0 Å². The highest BCUT2D eigenvalue weighted by Gasteiger charge is 2.19. The number of nitrogen functional groups attached to an aromatic ring is 1. The summed E-state index contributed by atoms with van der Waals surface area (Å²) in [4.78, 5) is 8.36. The van der Waals surface area contributed by atoms with E-state index in [0.717, 1.165) is 17.1 Å². The zero-order chi connectivity index (χ0) is 18.0. The van der Waals surface area contributed by atoms with Gasteiger partial charge in [0.1, 0.15) is 23.2 Å². The van der Waals surface area contributed by atoms with Crippen LogP contribution in [0.2, 0.25) is 0 Å². The first-order valence-electron chi connectivity index (χ1n) is 8.02. The first kappa shape index (κ1) is 16.8. The van der Waals surface area contributed by atoms with Gasteiger partial charge in [0.15, 0.2) is 5.82 Å². The topological polar surface area (TPSA) is 102 Å². The fourth-order valence-corrected chi connectivity index (χ4v) is 2.28. The highest BCUT2D eigenvalue weighted by Crippen LogP contribution is 2.26. The Morgan fingerprint density at radius 1 is 0.920 bits per heavy atom. The molecule has 0 saturated carbocycles. The molecule has 2 aromatic heterocycles. The number of nitrogens with one attached hydrogen (secondary N) is 2. The minimum Gasteiger partial charge on any atom is -0.384 e. The van der Waals surface area contributed by atoms with Crippen molar-refractivity contribution in [1.82, 2.24) is 15.1 Å². The summed E-state index contributed by atoms with van der Waals surface area (Å²) >= 11 is 0. The summed E-state index contributed by atoms with van der Waals surface area (Å²) < 4.78 is 5.38. The molecule has 0 bridgehead atoms. The molecule has 1 aromatic carbocycles. The Morgan fingerprint density at radius 3 is 2.04 bits per heavy atom. The zero-order valence-corrected chi connectivity index (χ0v) is 14.8. The predicted octanol–water partition coefficient (Wildman–Crippen LogP) is 4.14. The largest absolute Gasteiger partial charge is 0.384 e. The summed E-state index contributed by atoms with van der Waals surface area (Å²) in [6.45, 7) is 8.05. The molecule has 4 N–H and O–H groups in total. The number of nitrogens with zero attached hydrogens (tertiary/aromatic N) is 3. The standard InChI is InChI=1S/C18H22N6O/c1-11-20-15(19)10-16(21-11)22-12-5-7-13(8-6-12)23-17-9-14(25-24-17)18(2,3)4/h5-10H,1-4H3,(H,23,24)(H3,19,20,21,22). The number of benzene rings is 1. The fourth-order valence-electron chi connectivity index (χ4n) is 2.28. The number of anilines is 5. The highest BCUT2D eigenvalue weighted by atomic mass is 16.5. The maximum Gasteiger partial charge on any atom is 0.174 e. The van der Waals surface area contributed by atoms with Gasteiger partial charge in [-0.2, -0.15) is 0 Å².